The summed E-state index contributed by atoms with van der Waals surface area (Å²) in [7, 11) is 0. The molecule has 0 radical (unpaired) electrons. The molecule has 0 spiro atoms. The molecular weight excluding hydrogens is 146 g/mol. The Bertz CT molecular complexity index is 186. The van der Waals surface area contributed by atoms with Crippen LogP contribution in [0.1, 0.15) is 32.1 Å². The highest BCUT2D eigenvalue weighted by Crippen LogP contribution is 2.19. The molecule has 0 unspecified atom stereocenters. The third-order valence-corrected chi connectivity index (χ3v) is 2.20. The lowest BCUT2D eigenvalue weighted by Gasteiger charge is -2.02. The summed E-state index contributed by atoms with van der Waals surface area (Å²) >= 11 is 0. The van der Waals surface area contributed by atoms with Gasteiger partial charge >= 0.3 is 0 Å². The number of nitrogens with one attached hydrogen (secondary N) is 1. The van der Waals surface area contributed by atoms with E-state index in [0.29, 0.717) is 0 Å². The van der Waals surface area contributed by atoms with Crippen LogP contribution in [-0.2, 0) is 0 Å². The standard InChI is InChI=1S/C11H17N/c1-2-3-9-12-10-8-11-6-4-5-7-11/h1,6,12H,3-5,7-10H2. The zero-order chi connectivity index (χ0) is 8.65. The first kappa shape index (κ1) is 9.35. The lowest BCUT2D eigenvalue weighted by molar-refractivity contribution is 0.683. The van der Waals surface area contributed by atoms with E-state index >= 15 is 0 Å². The topological polar surface area (TPSA) is 12.0 Å². The van der Waals surface area contributed by atoms with Crippen molar-refractivity contribution in [1.29, 1.82) is 0 Å². The number of rotatable bonds is 5. The predicted molar refractivity (Wildman–Crippen MR) is 52.9 cm³/mol. The monoisotopic (exact) mass is 163 g/mol. The van der Waals surface area contributed by atoms with E-state index in [-0.39, 0.29) is 0 Å². The summed E-state index contributed by atoms with van der Waals surface area (Å²) in [6.07, 6.45) is 13.5. The molecule has 0 atom stereocenters. The van der Waals surface area contributed by atoms with Crippen molar-refractivity contribution in [1.82, 2.24) is 5.32 Å². The van der Waals surface area contributed by atoms with Gasteiger partial charge in [-0.3, -0.25) is 0 Å². The Morgan fingerprint density at radius 1 is 1.50 bits per heavy atom. The Morgan fingerprint density at radius 2 is 2.42 bits per heavy atom. The summed E-state index contributed by atoms with van der Waals surface area (Å²) in [5.41, 5.74) is 1.63. The predicted octanol–water partition coefficient (Wildman–Crippen LogP) is 2.10. The highest BCUT2D eigenvalue weighted by molar-refractivity contribution is 5.07. The summed E-state index contributed by atoms with van der Waals surface area (Å²) < 4.78 is 0. The normalized spacial score (nSPS) is 15.8. The zero-order valence-corrected chi connectivity index (χ0v) is 7.60. The van der Waals surface area contributed by atoms with E-state index in [2.05, 4.69) is 17.3 Å². The third kappa shape index (κ3) is 3.59. The SMILES string of the molecule is C#CCCNCCC1=CCCC1. The fraction of sp³-hybridized carbons (Fsp3) is 0.636. The molecule has 0 heterocycles. The number of terminal acetylenes is 1. The molecule has 1 aliphatic rings. The van der Waals surface area contributed by atoms with Gasteiger partial charge in [0.1, 0.15) is 0 Å². The van der Waals surface area contributed by atoms with Gasteiger partial charge in [0.15, 0.2) is 0 Å². The molecule has 0 saturated heterocycles. The molecule has 12 heavy (non-hydrogen) atoms. The van der Waals surface area contributed by atoms with Crippen molar-refractivity contribution >= 4 is 0 Å². The lowest BCUT2D eigenvalue weighted by Crippen LogP contribution is -2.16. The van der Waals surface area contributed by atoms with E-state index in [9.17, 15) is 0 Å². The maximum absolute atomic E-state index is 5.13. The highest BCUT2D eigenvalue weighted by Gasteiger charge is 2.02. The summed E-state index contributed by atoms with van der Waals surface area (Å²) in [4.78, 5) is 0. The van der Waals surface area contributed by atoms with Gasteiger partial charge in [-0.1, -0.05) is 11.6 Å². The Balaban J connectivity index is 1.92. The Kier molecular flexibility index (Phi) is 4.56. The smallest absolute Gasteiger partial charge is 0.0211 e. The molecule has 1 rings (SSSR count). The zero-order valence-electron chi connectivity index (χ0n) is 7.60. The number of allylic oxidation sites excluding steroid dienone is 1. The van der Waals surface area contributed by atoms with Crippen LogP contribution >= 0.6 is 0 Å². The van der Waals surface area contributed by atoms with Gasteiger partial charge in [0.05, 0.1) is 0 Å². The average molecular weight is 163 g/mol. The highest BCUT2D eigenvalue weighted by atomic mass is 14.8. The molecule has 0 fully saturated rings. The van der Waals surface area contributed by atoms with E-state index in [1.54, 1.807) is 5.57 Å². The van der Waals surface area contributed by atoms with Crippen molar-refractivity contribution in [3.63, 3.8) is 0 Å². The third-order valence-electron chi connectivity index (χ3n) is 2.20. The molecule has 0 aromatic carbocycles. The summed E-state index contributed by atoms with van der Waals surface area (Å²) in [5, 5.41) is 3.33. The molecule has 0 aliphatic heterocycles. The molecule has 0 aromatic rings. The molecule has 0 aromatic heterocycles. The lowest BCUT2D eigenvalue weighted by atomic mass is 10.2. The van der Waals surface area contributed by atoms with Crippen LogP contribution in [-0.4, -0.2) is 13.1 Å². The fourth-order valence-corrected chi connectivity index (χ4v) is 1.50. The van der Waals surface area contributed by atoms with Crippen molar-refractivity contribution in [3.05, 3.63) is 11.6 Å². The first-order valence-corrected chi connectivity index (χ1v) is 4.75. The van der Waals surface area contributed by atoms with Crippen LogP contribution in [0.15, 0.2) is 11.6 Å². The second kappa shape index (κ2) is 5.85. The van der Waals surface area contributed by atoms with Crippen molar-refractivity contribution < 1.29 is 0 Å². The Labute approximate surface area is 75.2 Å². The van der Waals surface area contributed by atoms with Gasteiger partial charge in [-0.05, 0) is 32.2 Å². The molecule has 1 aliphatic carbocycles. The quantitative estimate of drug-likeness (QED) is 0.372. The maximum Gasteiger partial charge on any atom is 0.0211 e. The molecule has 0 amide bonds. The molecule has 66 valence electrons. The van der Waals surface area contributed by atoms with Crippen molar-refractivity contribution in [3.8, 4) is 12.3 Å². The fourth-order valence-electron chi connectivity index (χ4n) is 1.50. The van der Waals surface area contributed by atoms with Crippen LogP contribution in [0.25, 0.3) is 0 Å². The van der Waals surface area contributed by atoms with E-state index < -0.39 is 0 Å². The summed E-state index contributed by atoms with van der Waals surface area (Å²) in [6, 6.07) is 0. The van der Waals surface area contributed by atoms with Gasteiger partial charge in [-0.2, -0.15) is 0 Å². The molecule has 0 saturated carbocycles. The van der Waals surface area contributed by atoms with E-state index in [1.165, 1.54) is 25.7 Å². The van der Waals surface area contributed by atoms with E-state index in [1.807, 2.05) is 0 Å². The Morgan fingerprint density at radius 3 is 3.08 bits per heavy atom. The first-order chi connectivity index (χ1) is 5.93. The van der Waals surface area contributed by atoms with Crippen LogP contribution in [0.4, 0.5) is 0 Å². The average Bonchev–Trinajstić information content (AvgIpc) is 2.57. The van der Waals surface area contributed by atoms with Crippen molar-refractivity contribution in [2.45, 2.75) is 32.1 Å². The second-order valence-electron chi connectivity index (χ2n) is 3.21. The van der Waals surface area contributed by atoms with Crippen LogP contribution in [0.3, 0.4) is 0 Å². The summed E-state index contributed by atoms with van der Waals surface area (Å²) in [6.45, 7) is 2.05. The van der Waals surface area contributed by atoms with Gasteiger partial charge in [0.25, 0.3) is 0 Å². The Hall–Kier alpha value is -0.740. The maximum atomic E-state index is 5.13. The molecule has 1 heteroatoms. The van der Waals surface area contributed by atoms with Crippen LogP contribution in [0, 0.1) is 12.3 Å². The summed E-state index contributed by atoms with van der Waals surface area (Å²) in [5.74, 6) is 2.62. The van der Waals surface area contributed by atoms with Crippen LogP contribution < -0.4 is 5.32 Å². The van der Waals surface area contributed by atoms with Crippen LogP contribution in [0.2, 0.25) is 0 Å². The van der Waals surface area contributed by atoms with Crippen molar-refractivity contribution in [2.75, 3.05) is 13.1 Å². The van der Waals surface area contributed by atoms with Gasteiger partial charge in [-0.25, -0.2) is 0 Å². The van der Waals surface area contributed by atoms with E-state index in [4.69, 9.17) is 6.42 Å². The minimum absolute atomic E-state index is 0.846. The minimum Gasteiger partial charge on any atom is -0.315 e. The molecule has 0 bridgehead atoms. The van der Waals surface area contributed by atoms with Gasteiger partial charge in [-0.15, -0.1) is 12.3 Å². The first-order valence-electron chi connectivity index (χ1n) is 4.75. The second-order valence-corrected chi connectivity index (χ2v) is 3.21. The molecule has 1 nitrogen and oxygen atoms in total. The van der Waals surface area contributed by atoms with Crippen molar-refractivity contribution in [2.24, 2.45) is 0 Å². The molecule has 1 N–H and O–H groups in total. The van der Waals surface area contributed by atoms with Gasteiger partial charge in [0, 0.05) is 13.0 Å². The van der Waals surface area contributed by atoms with E-state index in [0.717, 1.165) is 19.5 Å². The number of hydrogen-bond donors (Lipinski definition) is 1. The van der Waals surface area contributed by atoms with Gasteiger partial charge in [0.2, 0.25) is 0 Å². The minimum atomic E-state index is 0.846. The largest absolute Gasteiger partial charge is 0.315 e. The van der Waals surface area contributed by atoms with Crippen LogP contribution in [0.5, 0.6) is 0 Å². The number of hydrogen-bond acceptors (Lipinski definition) is 1. The van der Waals surface area contributed by atoms with Gasteiger partial charge < -0.3 is 5.32 Å². The molecular formula is C11H17N.